The van der Waals surface area contributed by atoms with Gasteiger partial charge in [-0.25, -0.2) is 19.1 Å². The number of likely N-dealkylation sites (tertiary alicyclic amines) is 1. The molecule has 2 aromatic carbocycles. The number of benzene rings is 2. The van der Waals surface area contributed by atoms with Crippen molar-refractivity contribution >= 4 is 17.5 Å². The average molecular weight is 590 g/mol. The Hall–Kier alpha value is -3.97. The standard InChI is InChI=1S/C27H27ClF3N7O3/c28-19-11-9-18(10-12-19)24-34-37(26(41)36(24)15-22(39)27(29,30)31)16-23-32-17-38(33-23)21-8-4-3-7-20(21)25(40)35-13-5-1-2-6-14-35/h3-4,7-12,17,22,39H,1-2,5-6,13-16H2. The van der Waals surface area contributed by atoms with Gasteiger partial charge in [-0.2, -0.15) is 13.2 Å². The van der Waals surface area contributed by atoms with Gasteiger partial charge < -0.3 is 10.0 Å². The van der Waals surface area contributed by atoms with Gasteiger partial charge in [-0.3, -0.25) is 9.36 Å². The van der Waals surface area contributed by atoms with Gasteiger partial charge in [0, 0.05) is 23.7 Å². The van der Waals surface area contributed by atoms with E-state index in [1.807, 2.05) is 4.90 Å². The zero-order chi connectivity index (χ0) is 29.1. The number of aliphatic hydroxyl groups is 1. The molecule has 1 fully saturated rings. The molecule has 3 heterocycles. The molecule has 1 saturated heterocycles. The molecule has 0 aliphatic carbocycles. The summed E-state index contributed by atoms with van der Waals surface area (Å²) >= 11 is 5.94. The topological polar surface area (TPSA) is 111 Å². The van der Waals surface area contributed by atoms with Gasteiger partial charge in [-0.1, -0.05) is 36.6 Å². The normalized spacial score (nSPS) is 15.1. The van der Waals surface area contributed by atoms with Gasteiger partial charge in [0.2, 0.25) is 0 Å². The minimum absolute atomic E-state index is 0.0807. The summed E-state index contributed by atoms with van der Waals surface area (Å²) in [5.41, 5.74) is 0.414. The summed E-state index contributed by atoms with van der Waals surface area (Å²) in [6.45, 7) is 0.0542. The molecule has 1 aliphatic heterocycles. The van der Waals surface area contributed by atoms with Gasteiger partial charge in [0.25, 0.3) is 5.91 Å². The van der Waals surface area contributed by atoms with Crippen LogP contribution in [0.1, 0.15) is 41.9 Å². The van der Waals surface area contributed by atoms with Crippen LogP contribution in [0.15, 0.2) is 59.7 Å². The van der Waals surface area contributed by atoms with Crippen LogP contribution >= 0.6 is 11.6 Å². The fraction of sp³-hybridized carbons (Fsp3) is 0.370. The van der Waals surface area contributed by atoms with Crippen molar-refractivity contribution < 1.29 is 23.1 Å². The van der Waals surface area contributed by atoms with Crippen molar-refractivity contribution in [3.63, 3.8) is 0 Å². The van der Waals surface area contributed by atoms with Gasteiger partial charge in [-0.15, -0.1) is 10.2 Å². The molecule has 1 aliphatic rings. The molecule has 1 unspecified atom stereocenters. The molecule has 41 heavy (non-hydrogen) atoms. The molecule has 1 atom stereocenters. The lowest BCUT2D eigenvalue weighted by Gasteiger charge is -2.21. The number of halogens is 4. The van der Waals surface area contributed by atoms with E-state index in [1.165, 1.54) is 35.3 Å². The third-order valence-corrected chi connectivity index (χ3v) is 7.12. The molecular weight excluding hydrogens is 563 g/mol. The number of aromatic nitrogens is 6. The molecule has 5 rings (SSSR count). The Morgan fingerprint density at radius 1 is 1.00 bits per heavy atom. The number of alkyl halides is 3. The molecule has 4 aromatic rings. The summed E-state index contributed by atoms with van der Waals surface area (Å²) in [5, 5.41) is 18.7. The lowest BCUT2D eigenvalue weighted by Crippen LogP contribution is -2.37. The number of aliphatic hydroxyl groups excluding tert-OH is 1. The Bertz CT molecular complexity index is 1570. The maximum atomic E-state index is 13.3. The van der Waals surface area contributed by atoms with Crippen molar-refractivity contribution in [3.8, 4) is 17.1 Å². The summed E-state index contributed by atoms with van der Waals surface area (Å²) in [6.07, 6.45) is -2.25. The van der Waals surface area contributed by atoms with E-state index in [-0.39, 0.29) is 24.1 Å². The number of nitrogens with zero attached hydrogens (tertiary/aromatic N) is 7. The van der Waals surface area contributed by atoms with E-state index < -0.39 is 24.5 Å². The fourth-order valence-electron chi connectivity index (χ4n) is 4.72. The number of para-hydroxylation sites is 1. The van der Waals surface area contributed by atoms with E-state index in [9.17, 15) is 27.9 Å². The van der Waals surface area contributed by atoms with Crippen molar-refractivity contribution in [3.05, 3.63) is 81.8 Å². The SMILES string of the molecule is O=C(c1ccccc1-n1cnc(Cn2nc(-c3ccc(Cl)cc3)n(CC(O)C(F)(F)F)c2=O)n1)N1CCCCCC1. The van der Waals surface area contributed by atoms with Crippen LogP contribution in [0.25, 0.3) is 17.1 Å². The van der Waals surface area contributed by atoms with Crippen LogP contribution in [0.4, 0.5) is 13.2 Å². The van der Waals surface area contributed by atoms with E-state index >= 15 is 0 Å². The van der Waals surface area contributed by atoms with Crippen LogP contribution < -0.4 is 5.69 Å². The van der Waals surface area contributed by atoms with Crippen LogP contribution in [0, 0.1) is 0 Å². The van der Waals surface area contributed by atoms with Crippen molar-refractivity contribution in [2.24, 2.45) is 0 Å². The van der Waals surface area contributed by atoms with Gasteiger partial charge in [0.05, 0.1) is 17.8 Å². The lowest BCUT2D eigenvalue weighted by molar-refractivity contribution is -0.207. The first kappa shape index (κ1) is 28.6. The monoisotopic (exact) mass is 589 g/mol. The van der Waals surface area contributed by atoms with Crippen LogP contribution in [0.5, 0.6) is 0 Å². The minimum Gasteiger partial charge on any atom is -0.382 e. The Balaban J connectivity index is 1.45. The summed E-state index contributed by atoms with van der Waals surface area (Å²) in [6, 6.07) is 13.0. The first-order chi connectivity index (χ1) is 19.6. The average Bonchev–Trinajstić information content (AvgIpc) is 3.41. The number of hydrogen-bond donors (Lipinski definition) is 1. The summed E-state index contributed by atoms with van der Waals surface area (Å²) in [4.78, 5) is 32.6. The lowest BCUT2D eigenvalue weighted by atomic mass is 10.1. The van der Waals surface area contributed by atoms with Gasteiger partial charge in [0.15, 0.2) is 17.8 Å². The molecule has 1 amide bonds. The zero-order valence-electron chi connectivity index (χ0n) is 21.8. The first-order valence-corrected chi connectivity index (χ1v) is 13.5. The number of hydrogen-bond acceptors (Lipinski definition) is 6. The van der Waals surface area contributed by atoms with E-state index in [1.54, 1.807) is 24.3 Å². The molecular formula is C27H27ClF3N7O3. The molecule has 0 bridgehead atoms. The quantitative estimate of drug-likeness (QED) is 0.350. The highest BCUT2D eigenvalue weighted by Gasteiger charge is 2.39. The molecule has 0 radical (unpaired) electrons. The molecule has 14 heteroatoms. The number of carbonyl (C=O) groups excluding carboxylic acids is 1. The number of carbonyl (C=O) groups is 1. The van der Waals surface area contributed by atoms with Crippen molar-refractivity contribution in [1.82, 2.24) is 34.0 Å². The highest BCUT2D eigenvalue weighted by Crippen LogP contribution is 2.24. The van der Waals surface area contributed by atoms with Gasteiger partial charge >= 0.3 is 11.9 Å². The third kappa shape index (κ3) is 6.35. The second kappa shape index (κ2) is 11.9. The van der Waals surface area contributed by atoms with Crippen LogP contribution in [0.2, 0.25) is 5.02 Å². The van der Waals surface area contributed by atoms with E-state index in [2.05, 4.69) is 15.2 Å². The largest absolute Gasteiger partial charge is 0.416 e. The maximum absolute atomic E-state index is 13.3. The maximum Gasteiger partial charge on any atom is 0.416 e. The van der Waals surface area contributed by atoms with Crippen molar-refractivity contribution in [1.29, 1.82) is 0 Å². The number of amides is 1. The molecule has 216 valence electrons. The minimum atomic E-state index is -4.93. The predicted octanol–water partition coefficient (Wildman–Crippen LogP) is 3.93. The Labute approximate surface area is 237 Å². The second-order valence-corrected chi connectivity index (χ2v) is 10.2. The highest BCUT2D eigenvalue weighted by atomic mass is 35.5. The van der Waals surface area contributed by atoms with Crippen LogP contribution in [-0.2, 0) is 13.1 Å². The van der Waals surface area contributed by atoms with Crippen LogP contribution in [0.3, 0.4) is 0 Å². The zero-order valence-corrected chi connectivity index (χ0v) is 22.6. The van der Waals surface area contributed by atoms with Crippen LogP contribution in [-0.4, -0.2) is 70.4 Å². The molecule has 0 spiro atoms. The summed E-state index contributed by atoms with van der Waals surface area (Å²) < 4.78 is 42.5. The van der Waals surface area contributed by atoms with Gasteiger partial charge in [-0.05, 0) is 49.2 Å². The summed E-state index contributed by atoms with van der Waals surface area (Å²) in [7, 11) is 0. The van der Waals surface area contributed by atoms with E-state index in [4.69, 9.17) is 11.6 Å². The Morgan fingerprint density at radius 2 is 1.68 bits per heavy atom. The number of rotatable bonds is 7. The Morgan fingerprint density at radius 3 is 2.37 bits per heavy atom. The third-order valence-electron chi connectivity index (χ3n) is 6.86. The smallest absolute Gasteiger partial charge is 0.382 e. The summed E-state index contributed by atoms with van der Waals surface area (Å²) in [5.74, 6) is -0.0408. The van der Waals surface area contributed by atoms with Crippen molar-refractivity contribution in [2.75, 3.05) is 13.1 Å². The highest BCUT2D eigenvalue weighted by molar-refractivity contribution is 6.30. The molecule has 0 saturated carbocycles. The predicted molar refractivity (Wildman–Crippen MR) is 144 cm³/mol. The second-order valence-electron chi connectivity index (χ2n) is 9.77. The molecule has 1 N–H and O–H groups in total. The van der Waals surface area contributed by atoms with Crippen molar-refractivity contribution in [2.45, 2.75) is 51.1 Å². The van der Waals surface area contributed by atoms with E-state index in [0.717, 1.165) is 34.9 Å². The molecule has 2 aromatic heterocycles. The Kier molecular flexibility index (Phi) is 8.27. The van der Waals surface area contributed by atoms with Gasteiger partial charge in [0.1, 0.15) is 12.9 Å². The first-order valence-electron chi connectivity index (χ1n) is 13.1. The van der Waals surface area contributed by atoms with E-state index in [0.29, 0.717) is 34.9 Å². The fourth-order valence-corrected chi connectivity index (χ4v) is 4.84. The molecule has 10 nitrogen and oxygen atoms in total.